The first-order valence-corrected chi connectivity index (χ1v) is 7.91. The van der Waals surface area contributed by atoms with Gasteiger partial charge in [-0.2, -0.15) is 0 Å². The summed E-state index contributed by atoms with van der Waals surface area (Å²) in [4.78, 5) is 36.6. The Labute approximate surface area is 144 Å². The van der Waals surface area contributed by atoms with Crippen molar-refractivity contribution < 1.29 is 23.9 Å². The van der Waals surface area contributed by atoms with E-state index < -0.39 is 30.0 Å². The number of amides is 3. The van der Waals surface area contributed by atoms with E-state index in [9.17, 15) is 14.4 Å². The molecule has 130 valence electrons. The molecule has 1 aromatic rings. The van der Waals surface area contributed by atoms with E-state index in [0.29, 0.717) is 17.2 Å². The van der Waals surface area contributed by atoms with Crippen LogP contribution >= 0.6 is 11.6 Å². The summed E-state index contributed by atoms with van der Waals surface area (Å²) in [6.45, 7) is 3.16. The van der Waals surface area contributed by atoms with E-state index in [0.717, 1.165) is 4.90 Å². The summed E-state index contributed by atoms with van der Waals surface area (Å²) in [5.41, 5.74) is -0.963. The fourth-order valence-electron chi connectivity index (χ4n) is 2.15. The molecule has 0 unspecified atom stereocenters. The summed E-state index contributed by atoms with van der Waals surface area (Å²) in [6.07, 6.45) is 0.443. The van der Waals surface area contributed by atoms with Crippen molar-refractivity contribution in [2.24, 2.45) is 0 Å². The van der Waals surface area contributed by atoms with Gasteiger partial charge in [-0.1, -0.05) is 18.5 Å². The van der Waals surface area contributed by atoms with Crippen LogP contribution in [0.15, 0.2) is 24.3 Å². The van der Waals surface area contributed by atoms with E-state index in [1.54, 1.807) is 38.1 Å². The number of halogens is 1. The van der Waals surface area contributed by atoms with E-state index in [1.807, 2.05) is 0 Å². The van der Waals surface area contributed by atoms with Crippen LogP contribution < -0.4 is 10.1 Å². The van der Waals surface area contributed by atoms with Crippen molar-refractivity contribution in [2.75, 3.05) is 19.8 Å². The molecule has 1 heterocycles. The van der Waals surface area contributed by atoms with Gasteiger partial charge in [-0.15, -0.1) is 0 Å². The molecule has 1 saturated heterocycles. The second-order valence-corrected chi connectivity index (χ2v) is 5.97. The van der Waals surface area contributed by atoms with E-state index >= 15 is 0 Å². The molecular formula is C16H19ClN2O5. The Morgan fingerprint density at radius 2 is 1.92 bits per heavy atom. The molecule has 0 aromatic heterocycles. The molecule has 1 aliphatic rings. The molecule has 1 aliphatic heterocycles. The highest BCUT2D eigenvalue weighted by Gasteiger charge is 2.47. The van der Waals surface area contributed by atoms with E-state index in [2.05, 4.69) is 5.32 Å². The lowest BCUT2D eigenvalue weighted by Gasteiger charge is -2.18. The molecule has 0 spiro atoms. The van der Waals surface area contributed by atoms with Crippen LogP contribution in [0.1, 0.15) is 20.3 Å². The zero-order valence-electron chi connectivity index (χ0n) is 13.5. The maximum atomic E-state index is 12.1. The number of hydrogen-bond acceptors (Lipinski definition) is 5. The van der Waals surface area contributed by atoms with Crippen LogP contribution in [0.3, 0.4) is 0 Å². The van der Waals surface area contributed by atoms with Crippen molar-refractivity contribution in [3.8, 4) is 5.75 Å². The molecular weight excluding hydrogens is 336 g/mol. The number of urea groups is 1. The van der Waals surface area contributed by atoms with Gasteiger partial charge in [0.15, 0.2) is 0 Å². The number of esters is 1. The Kier molecular flexibility index (Phi) is 5.66. The first-order valence-electron chi connectivity index (χ1n) is 7.54. The zero-order chi connectivity index (χ0) is 17.7. The Morgan fingerprint density at radius 3 is 2.50 bits per heavy atom. The van der Waals surface area contributed by atoms with E-state index in [4.69, 9.17) is 21.1 Å². The predicted molar refractivity (Wildman–Crippen MR) is 86.8 cm³/mol. The summed E-state index contributed by atoms with van der Waals surface area (Å²) >= 11 is 5.76. The highest BCUT2D eigenvalue weighted by atomic mass is 35.5. The molecule has 8 heteroatoms. The van der Waals surface area contributed by atoms with Gasteiger partial charge in [-0.05, 0) is 37.6 Å². The lowest BCUT2D eigenvalue weighted by Crippen LogP contribution is -2.43. The number of rotatable bonds is 7. The summed E-state index contributed by atoms with van der Waals surface area (Å²) in [6, 6.07) is 6.18. The van der Waals surface area contributed by atoms with Gasteiger partial charge in [0.2, 0.25) is 0 Å². The Bertz CT molecular complexity index is 634. The highest BCUT2D eigenvalue weighted by molar-refractivity contribution is 6.30. The first-order chi connectivity index (χ1) is 11.4. The standard InChI is InChI=1S/C16H19ClN2O5/c1-3-16(2)14(21)19(15(22)18-16)10-13(20)24-9-8-23-12-6-4-11(17)5-7-12/h4-7H,3,8-10H2,1-2H3,(H,18,22)/t16-/m0/s1. The van der Waals surface area contributed by atoms with Crippen molar-refractivity contribution in [1.82, 2.24) is 10.2 Å². The molecule has 1 aromatic carbocycles. The fraction of sp³-hybridized carbons (Fsp3) is 0.438. The average molecular weight is 355 g/mol. The minimum Gasteiger partial charge on any atom is -0.490 e. The van der Waals surface area contributed by atoms with Crippen molar-refractivity contribution >= 4 is 29.5 Å². The van der Waals surface area contributed by atoms with Crippen LogP contribution in [0.2, 0.25) is 5.02 Å². The first kappa shape index (κ1) is 18.1. The molecule has 0 aliphatic carbocycles. The van der Waals surface area contributed by atoms with Crippen LogP contribution in [0.25, 0.3) is 0 Å². The third kappa shape index (κ3) is 4.17. The van der Waals surface area contributed by atoms with Gasteiger partial charge in [0.25, 0.3) is 5.91 Å². The zero-order valence-corrected chi connectivity index (χ0v) is 14.3. The van der Waals surface area contributed by atoms with Crippen molar-refractivity contribution in [2.45, 2.75) is 25.8 Å². The smallest absolute Gasteiger partial charge is 0.326 e. The van der Waals surface area contributed by atoms with Crippen molar-refractivity contribution in [3.63, 3.8) is 0 Å². The van der Waals surface area contributed by atoms with Crippen LogP contribution in [-0.4, -0.2) is 48.1 Å². The van der Waals surface area contributed by atoms with E-state index in [-0.39, 0.29) is 13.2 Å². The largest absolute Gasteiger partial charge is 0.490 e. The number of ether oxygens (including phenoxy) is 2. The minimum atomic E-state index is -0.963. The maximum Gasteiger partial charge on any atom is 0.326 e. The third-order valence-electron chi connectivity index (χ3n) is 3.77. The predicted octanol–water partition coefficient (Wildman–Crippen LogP) is 1.98. The van der Waals surface area contributed by atoms with Gasteiger partial charge >= 0.3 is 12.0 Å². The third-order valence-corrected chi connectivity index (χ3v) is 4.02. The van der Waals surface area contributed by atoms with Crippen molar-refractivity contribution in [1.29, 1.82) is 0 Å². The second-order valence-electron chi connectivity index (χ2n) is 5.53. The molecule has 0 bridgehead atoms. The average Bonchev–Trinajstić information content (AvgIpc) is 2.77. The summed E-state index contributed by atoms with van der Waals surface area (Å²) < 4.78 is 10.4. The number of nitrogens with one attached hydrogen (secondary N) is 1. The number of hydrogen-bond donors (Lipinski definition) is 1. The molecule has 3 amide bonds. The molecule has 7 nitrogen and oxygen atoms in total. The molecule has 1 atom stereocenters. The van der Waals surface area contributed by atoms with Crippen LogP contribution in [0.5, 0.6) is 5.75 Å². The second kappa shape index (κ2) is 7.53. The molecule has 0 radical (unpaired) electrons. The van der Waals surface area contributed by atoms with E-state index in [1.165, 1.54) is 0 Å². The lowest BCUT2D eigenvalue weighted by atomic mass is 9.99. The van der Waals surface area contributed by atoms with Crippen molar-refractivity contribution in [3.05, 3.63) is 29.3 Å². The molecule has 1 fully saturated rings. The molecule has 24 heavy (non-hydrogen) atoms. The minimum absolute atomic E-state index is 0.0101. The number of imide groups is 1. The Balaban J connectivity index is 1.74. The topological polar surface area (TPSA) is 84.9 Å². The van der Waals surface area contributed by atoms with Gasteiger partial charge < -0.3 is 14.8 Å². The molecule has 1 N–H and O–H groups in total. The van der Waals surface area contributed by atoms with Gasteiger partial charge in [-0.3, -0.25) is 14.5 Å². The van der Waals surface area contributed by atoms with Crippen LogP contribution in [0, 0.1) is 0 Å². The van der Waals surface area contributed by atoms with Crippen LogP contribution in [-0.2, 0) is 14.3 Å². The highest BCUT2D eigenvalue weighted by Crippen LogP contribution is 2.20. The normalized spacial score (nSPS) is 20.0. The van der Waals surface area contributed by atoms with Gasteiger partial charge in [0, 0.05) is 5.02 Å². The number of nitrogens with zero attached hydrogens (tertiary/aromatic N) is 1. The number of carbonyl (C=O) groups excluding carboxylic acids is 3. The molecule has 2 rings (SSSR count). The number of benzene rings is 1. The van der Waals surface area contributed by atoms with Crippen LogP contribution in [0.4, 0.5) is 4.79 Å². The summed E-state index contributed by atoms with van der Waals surface area (Å²) in [7, 11) is 0. The quantitative estimate of drug-likeness (QED) is 0.460. The number of carbonyl (C=O) groups is 3. The summed E-state index contributed by atoms with van der Waals surface area (Å²) in [5, 5.41) is 3.17. The monoisotopic (exact) mass is 354 g/mol. The van der Waals surface area contributed by atoms with Gasteiger partial charge in [-0.25, -0.2) is 4.79 Å². The Morgan fingerprint density at radius 1 is 1.25 bits per heavy atom. The SMILES string of the molecule is CC[C@]1(C)NC(=O)N(CC(=O)OCCOc2ccc(Cl)cc2)C1=O. The maximum absolute atomic E-state index is 12.1. The summed E-state index contributed by atoms with van der Waals surface area (Å²) in [5.74, 6) is -0.494. The van der Waals surface area contributed by atoms with Gasteiger partial charge in [0.1, 0.15) is 31.0 Å². The fourth-order valence-corrected chi connectivity index (χ4v) is 2.28. The van der Waals surface area contributed by atoms with Gasteiger partial charge in [0.05, 0.1) is 0 Å². The molecule has 0 saturated carbocycles. The lowest BCUT2D eigenvalue weighted by molar-refractivity contribution is -0.148. The Hall–Kier alpha value is -2.28.